The molecule has 2 atom stereocenters. The van der Waals surface area contributed by atoms with Crippen LogP contribution in [0, 0.1) is 25.2 Å². The largest absolute Gasteiger partial charge is 0.444 e. The van der Waals surface area contributed by atoms with Crippen molar-refractivity contribution in [1.82, 2.24) is 15.5 Å². The van der Waals surface area contributed by atoms with Gasteiger partial charge in [-0.15, -0.1) is 0 Å². The van der Waals surface area contributed by atoms with E-state index in [-0.39, 0.29) is 18.2 Å². The Morgan fingerprint density at radius 2 is 1.79 bits per heavy atom. The van der Waals surface area contributed by atoms with Gasteiger partial charge in [-0.1, -0.05) is 42.7 Å². The van der Waals surface area contributed by atoms with Gasteiger partial charge in [0.2, 0.25) is 11.8 Å². The molecule has 3 amide bonds. The van der Waals surface area contributed by atoms with Crippen molar-refractivity contribution < 1.29 is 19.1 Å². The summed E-state index contributed by atoms with van der Waals surface area (Å²) in [6.45, 7) is 11.1. The molecule has 33 heavy (non-hydrogen) atoms. The smallest absolute Gasteiger partial charge is 0.408 e. The fourth-order valence-electron chi connectivity index (χ4n) is 3.33. The first kappa shape index (κ1) is 28.3. The molecule has 0 saturated carbocycles. The predicted molar refractivity (Wildman–Crippen MR) is 131 cm³/mol. The fraction of sp³-hybridized carbons (Fsp3) is 0.583. The van der Waals surface area contributed by atoms with Gasteiger partial charge in [0.15, 0.2) is 0 Å². The molecule has 9 heteroatoms. The second-order valence-corrected chi connectivity index (χ2v) is 9.34. The Balaban J connectivity index is 3.35. The zero-order chi connectivity index (χ0) is 25.2. The van der Waals surface area contributed by atoms with E-state index in [0.717, 1.165) is 24.0 Å². The Kier molecular flexibility index (Phi) is 11.2. The number of ether oxygens (including phenoxy) is 1. The normalized spacial score (nSPS) is 12.8. The lowest BCUT2D eigenvalue weighted by Gasteiger charge is -2.32. The van der Waals surface area contributed by atoms with Crippen LogP contribution in [0.5, 0.6) is 0 Å². The zero-order valence-electron chi connectivity index (χ0n) is 20.4. The van der Waals surface area contributed by atoms with Crippen LogP contribution in [0.25, 0.3) is 0 Å². The Hall–Kier alpha value is -2.73. The van der Waals surface area contributed by atoms with Gasteiger partial charge in [0.1, 0.15) is 24.2 Å². The third-order valence-electron chi connectivity index (χ3n) is 4.65. The van der Waals surface area contributed by atoms with E-state index in [1.165, 1.54) is 4.90 Å². The monoisotopic (exact) mass is 476 g/mol. The second kappa shape index (κ2) is 13.1. The van der Waals surface area contributed by atoms with Crippen LogP contribution >= 0.6 is 12.6 Å². The number of hydrogen-bond acceptors (Lipinski definition) is 6. The first-order valence-electron chi connectivity index (χ1n) is 11.1. The van der Waals surface area contributed by atoms with Gasteiger partial charge in [0, 0.05) is 12.3 Å². The molecule has 0 aliphatic heterocycles. The molecule has 0 aromatic heterocycles. The number of unbranched alkanes of at least 4 members (excludes halogenated alkanes) is 1. The summed E-state index contributed by atoms with van der Waals surface area (Å²) in [5, 5.41) is 14.9. The van der Waals surface area contributed by atoms with Gasteiger partial charge < -0.3 is 20.3 Å². The molecule has 0 bridgehead atoms. The first-order chi connectivity index (χ1) is 15.4. The number of nitrogens with one attached hydrogen (secondary N) is 2. The van der Waals surface area contributed by atoms with Gasteiger partial charge in [-0.2, -0.15) is 17.9 Å². The summed E-state index contributed by atoms with van der Waals surface area (Å²) in [5.41, 5.74) is 1.71. The first-order valence-corrected chi connectivity index (χ1v) is 11.7. The van der Waals surface area contributed by atoms with Crippen LogP contribution in [0.15, 0.2) is 18.2 Å². The van der Waals surface area contributed by atoms with Crippen molar-refractivity contribution in [3.05, 3.63) is 34.9 Å². The number of alkyl carbamates (subject to hydrolysis) is 1. The number of amides is 3. The summed E-state index contributed by atoms with van der Waals surface area (Å²) in [5.74, 6) is -1.00. The highest BCUT2D eigenvalue weighted by atomic mass is 32.1. The van der Waals surface area contributed by atoms with Crippen LogP contribution in [0.4, 0.5) is 4.79 Å². The second-order valence-electron chi connectivity index (χ2n) is 8.97. The summed E-state index contributed by atoms with van der Waals surface area (Å²) in [6, 6.07) is 5.48. The van der Waals surface area contributed by atoms with Crippen molar-refractivity contribution in [1.29, 1.82) is 5.26 Å². The predicted octanol–water partition coefficient (Wildman–Crippen LogP) is 3.44. The number of carbonyl (C=O) groups excluding carboxylic acids is 3. The van der Waals surface area contributed by atoms with Crippen molar-refractivity contribution in [2.24, 2.45) is 0 Å². The number of thiol groups is 1. The van der Waals surface area contributed by atoms with Crippen LogP contribution < -0.4 is 10.6 Å². The summed E-state index contributed by atoms with van der Waals surface area (Å²) < 4.78 is 5.25. The molecule has 2 unspecified atom stereocenters. The quantitative estimate of drug-likeness (QED) is 0.272. The molecule has 0 saturated heterocycles. The summed E-state index contributed by atoms with van der Waals surface area (Å²) in [4.78, 5) is 40.2. The number of hydrogen-bond donors (Lipinski definition) is 3. The number of nitriles is 1. The lowest BCUT2D eigenvalue weighted by atomic mass is 9.98. The lowest BCUT2D eigenvalue weighted by Crippen LogP contribution is -2.54. The molecule has 0 radical (unpaired) electrons. The van der Waals surface area contributed by atoms with Crippen LogP contribution in [-0.4, -0.2) is 53.3 Å². The van der Waals surface area contributed by atoms with Gasteiger partial charge >= 0.3 is 6.09 Å². The van der Waals surface area contributed by atoms with Crippen molar-refractivity contribution in [3.63, 3.8) is 0 Å². The van der Waals surface area contributed by atoms with Gasteiger partial charge in [-0.25, -0.2) is 4.79 Å². The number of nitrogens with zero attached hydrogens (tertiary/aromatic N) is 2. The Bertz CT molecular complexity index is 856. The highest BCUT2D eigenvalue weighted by molar-refractivity contribution is 7.80. The maximum Gasteiger partial charge on any atom is 0.408 e. The van der Waals surface area contributed by atoms with Gasteiger partial charge in [0.05, 0.1) is 6.07 Å². The van der Waals surface area contributed by atoms with E-state index in [1.807, 2.05) is 45.0 Å². The van der Waals surface area contributed by atoms with Crippen LogP contribution in [0.2, 0.25) is 0 Å². The van der Waals surface area contributed by atoms with Crippen molar-refractivity contribution in [3.8, 4) is 6.07 Å². The van der Waals surface area contributed by atoms with E-state index in [9.17, 15) is 19.6 Å². The molecule has 1 rings (SSSR count). The highest BCUT2D eigenvalue weighted by Gasteiger charge is 2.36. The van der Waals surface area contributed by atoms with Gasteiger partial charge in [-0.05, 0) is 46.6 Å². The van der Waals surface area contributed by atoms with Crippen molar-refractivity contribution in [2.75, 3.05) is 18.8 Å². The molecule has 182 valence electrons. The third-order valence-corrected chi connectivity index (χ3v) is 5.01. The van der Waals surface area contributed by atoms with E-state index < -0.39 is 29.7 Å². The van der Waals surface area contributed by atoms with Gasteiger partial charge in [0.25, 0.3) is 0 Å². The topological polar surface area (TPSA) is 112 Å². The van der Waals surface area contributed by atoms with Crippen LogP contribution in [0.3, 0.4) is 0 Å². The molecule has 0 spiro atoms. The van der Waals surface area contributed by atoms with Crippen molar-refractivity contribution in [2.45, 2.75) is 72.1 Å². The Morgan fingerprint density at radius 1 is 1.18 bits per heavy atom. The molecular weight excluding hydrogens is 440 g/mol. The summed E-state index contributed by atoms with van der Waals surface area (Å²) in [6.07, 6.45) is 0.913. The number of carbonyl (C=O) groups is 3. The molecule has 0 fully saturated rings. The number of benzene rings is 1. The Labute approximate surface area is 202 Å². The van der Waals surface area contributed by atoms with E-state index in [1.54, 1.807) is 20.8 Å². The zero-order valence-corrected chi connectivity index (χ0v) is 21.3. The highest BCUT2D eigenvalue weighted by Crippen LogP contribution is 2.25. The van der Waals surface area contributed by atoms with E-state index >= 15 is 0 Å². The molecule has 1 aromatic carbocycles. The molecule has 0 aliphatic carbocycles. The number of aryl methyl sites for hydroxylation is 2. The maximum atomic E-state index is 13.5. The lowest BCUT2D eigenvalue weighted by molar-refractivity contribution is -0.141. The van der Waals surface area contributed by atoms with E-state index in [4.69, 9.17) is 4.74 Å². The standard InChI is InChI=1S/C24H36N4O4S/c1-7-8-10-26-21(29)20(18-13-16(2)12-17(3)14-18)28(11-9-25)22(30)19(15-33)27-23(31)32-24(4,5)6/h12-14,19-20,33H,7-8,10-11,15H2,1-6H3,(H,26,29)(H,27,31). The van der Waals surface area contributed by atoms with E-state index in [0.29, 0.717) is 12.1 Å². The molecule has 0 heterocycles. The average Bonchev–Trinajstić information content (AvgIpc) is 2.69. The summed E-state index contributed by atoms with van der Waals surface area (Å²) >= 11 is 4.21. The van der Waals surface area contributed by atoms with E-state index in [2.05, 4.69) is 23.3 Å². The minimum atomic E-state index is -1.08. The average molecular weight is 477 g/mol. The molecule has 8 nitrogen and oxygen atoms in total. The minimum absolute atomic E-state index is 0.0307. The molecular formula is C24H36N4O4S. The summed E-state index contributed by atoms with van der Waals surface area (Å²) in [7, 11) is 0. The third kappa shape index (κ3) is 9.34. The molecule has 0 aliphatic rings. The van der Waals surface area contributed by atoms with Crippen molar-refractivity contribution >= 4 is 30.5 Å². The molecule has 1 aromatic rings. The minimum Gasteiger partial charge on any atom is -0.444 e. The van der Waals surface area contributed by atoms with Gasteiger partial charge in [-0.3, -0.25) is 9.59 Å². The molecule has 2 N–H and O–H groups in total. The number of rotatable bonds is 10. The van der Waals surface area contributed by atoms with Crippen LogP contribution in [0.1, 0.15) is 63.3 Å². The Morgan fingerprint density at radius 3 is 2.27 bits per heavy atom. The SMILES string of the molecule is CCCCNC(=O)C(c1cc(C)cc(C)c1)N(CC#N)C(=O)C(CS)NC(=O)OC(C)(C)C. The fourth-order valence-corrected chi connectivity index (χ4v) is 3.58. The van der Waals surface area contributed by atoms with Crippen LogP contribution in [-0.2, 0) is 14.3 Å². The maximum absolute atomic E-state index is 13.5.